The van der Waals surface area contributed by atoms with Gasteiger partial charge in [-0.2, -0.15) is 0 Å². The first-order chi connectivity index (χ1) is 6.62. The van der Waals surface area contributed by atoms with Gasteiger partial charge >= 0.3 is 0 Å². The number of carbonyl (C=O) groups is 1. The number of nitrogens with one attached hydrogen (secondary N) is 2. The Balaban J connectivity index is 1.86. The summed E-state index contributed by atoms with van der Waals surface area (Å²) >= 11 is 6.27. The van der Waals surface area contributed by atoms with E-state index in [-0.39, 0.29) is 22.9 Å². The SMILES string of the molecule is CC(NC1CCCNC1=O)C1(Cl)CC1. The number of amides is 1. The van der Waals surface area contributed by atoms with Crippen molar-refractivity contribution in [1.82, 2.24) is 10.6 Å². The van der Waals surface area contributed by atoms with E-state index >= 15 is 0 Å². The van der Waals surface area contributed by atoms with Gasteiger partial charge in [0, 0.05) is 12.6 Å². The second-order valence-corrected chi connectivity index (χ2v) is 5.16. The zero-order valence-electron chi connectivity index (χ0n) is 8.48. The van der Waals surface area contributed by atoms with Crippen molar-refractivity contribution >= 4 is 17.5 Å². The van der Waals surface area contributed by atoms with Crippen molar-refractivity contribution in [3.63, 3.8) is 0 Å². The predicted octanol–water partition coefficient (Wildman–Crippen LogP) is 1.01. The van der Waals surface area contributed by atoms with Crippen LogP contribution in [0, 0.1) is 0 Å². The van der Waals surface area contributed by atoms with E-state index in [1.165, 1.54) is 0 Å². The fraction of sp³-hybridized carbons (Fsp3) is 0.900. The average Bonchev–Trinajstić information content (AvgIpc) is 2.89. The molecule has 0 aromatic rings. The zero-order valence-corrected chi connectivity index (χ0v) is 9.23. The molecule has 0 aromatic heterocycles. The van der Waals surface area contributed by atoms with Gasteiger partial charge in [-0.3, -0.25) is 4.79 Å². The van der Waals surface area contributed by atoms with Gasteiger partial charge in [0.25, 0.3) is 0 Å². The van der Waals surface area contributed by atoms with Gasteiger partial charge in [-0.05, 0) is 32.6 Å². The summed E-state index contributed by atoms with van der Waals surface area (Å²) in [4.78, 5) is 11.4. The number of hydrogen-bond donors (Lipinski definition) is 2. The highest BCUT2D eigenvalue weighted by Crippen LogP contribution is 2.45. The van der Waals surface area contributed by atoms with Gasteiger partial charge in [-0.1, -0.05) is 0 Å². The van der Waals surface area contributed by atoms with E-state index in [0.29, 0.717) is 0 Å². The standard InChI is InChI=1S/C10H17ClN2O/c1-7(10(11)4-5-10)13-8-3-2-6-12-9(8)14/h7-8,13H,2-6H2,1H3,(H,12,14). The molecule has 1 amide bonds. The average molecular weight is 217 g/mol. The molecule has 1 aliphatic heterocycles. The monoisotopic (exact) mass is 216 g/mol. The van der Waals surface area contributed by atoms with Crippen LogP contribution in [0.3, 0.4) is 0 Å². The third-order valence-electron chi connectivity index (χ3n) is 3.24. The van der Waals surface area contributed by atoms with Crippen LogP contribution in [-0.2, 0) is 4.79 Å². The largest absolute Gasteiger partial charge is 0.355 e. The number of hydrogen-bond acceptors (Lipinski definition) is 2. The van der Waals surface area contributed by atoms with Gasteiger partial charge in [-0.15, -0.1) is 11.6 Å². The summed E-state index contributed by atoms with van der Waals surface area (Å²) in [5.41, 5.74) is 0. The molecule has 2 unspecified atom stereocenters. The van der Waals surface area contributed by atoms with Gasteiger partial charge in [0.15, 0.2) is 0 Å². The highest BCUT2D eigenvalue weighted by atomic mass is 35.5. The van der Waals surface area contributed by atoms with Gasteiger partial charge < -0.3 is 10.6 Å². The van der Waals surface area contributed by atoms with E-state index in [1.54, 1.807) is 0 Å². The van der Waals surface area contributed by atoms with Gasteiger partial charge in [0.2, 0.25) is 5.91 Å². The second-order valence-electron chi connectivity index (χ2n) is 4.41. The molecule has 2 aliphatic rings. The highest BCUT2D eigenvalue weighted by molar-refractivity contribution is 6.26. The summed E-state index contributed by atoms with van der Waals surface area (Å²) in [6, 6.07) is 0.202. The van der Waals surface area contributed by atoms with E-state index in [0.717, 1.165) is 32.2 Å². The Bertz CT molecular complexity index is 240. The van der Waals surface area contributed by atoms with Crippen molar-refractivity contribution in [3.8, 4) is 0 Å². The van der Waals surface area contributed by atoms with E-state index in [1.807, 2.05) is 0 Å². The fourth-order valence-corrected chi connectivity index (χ4v) is 2.09. The number of piperidine rings is 1. The van der Waals surface area contributed by atoms with Crippen LogP contribution in [0.25, 0.3) is 0 Å². The first-order valence-electron chi connectivity index (χ1n) is 5.34. The predicted molar refractivity (Wildman–Crippen MR) is 56.4 cm³/mol. The molecule has 0 radical (unpaired) electrons. The fourth-order valence-electron chi connectivity index (χ4n) is 1.93. The Morgan fingerprint density at radius 3 is 2.93 bits per heavy atom. The smallest absolute Gasteiger partial charge is 0.237 e. The molecule has 2 atom stereocenters. The van der Waals surface area contributed by atoms with Crippen LogP contribution in [-0.4, -0.2) is 29.4 Å². The minimum absolute atomic E-state index is 0.0324. The number of halogens is 1. The second kappa shape index (κ2) is 3.70. The topological polar surface area (TPSA) is 41.1 Å². The quantitative estimate of drug-likeness (QED) is 0.692. The van der Waals surface area contributed by atoms with Gasteiger partial charge in [0.1, 0.15) is 0 Å². The molecule has 3 nitrogen and oxygen atoms in total. The van der Waals surface area contributed by atoms with Crippen molar-refractivity contribution in [3.05, 3.63) is 0 Å². The summed E-state index contributed by atoms with van der Waals surface area (Å²) in [5.74, 6) is 0.129. The molecule has 1 aliphatic carbocycles. The van der Waals surface area contributed by atoms with E-state index in [9.17, 15) is 4.79 Å². The molecule has 1 saturated heterocycles. The Labute approximate surface area is 89.6 Å². The number of carbonyl (C=O) groups excluding carboxylic acids is 1. The number of alkyl halides is 1. The zero-order chi connectivity index (χ0) is 10.2. The van der Waals surface area contributed by atoms with Crippen LogP contribution in [0.5, 0.6) is 0 Å². The Morgan fingerprint density at radius 2 is 2.36 bits per heavy atom. The molecule has 4 heteroatoms. The number of rotatable bonds is 3. The van der Waals surface area contributed by atoms with Gasteiger partial charge in [0.05, 0.1) is 10.9 Å². The molecule has 14 heavy (non-hydrogen) atoms. The maximum Gasteiger partial charge on any atom is 0.237 e. The molecule has 1 heterocycles. The van der Waals surface area contributed by atoms with E-state index in [4.69, 9.17) is 11.6 Å². The summed E-state index contributed by atoms with van der Waals surface area (Å²) in [5, 5.41) is 6.19. The lowest BCUT2D eigenvalue weighted by atomic mass is 10.0. The summed E-state index contributed by atoms with van der Waals surface area (Å²) < 4.78 is 0. The van der Waals surface area contributed by atoms with Crippen LogP contribution >= 0.6 is 11.6 Å². The van der Waals surface area contributed by atoms with E-state index in [2.05, 4.69) is 17.6 Å². The molecule has 1 saturated carbocycles. The first-order valence-corrected chi connectivity index (χ1v) is 5.72. The Hall–Kier alpha value is -0.280. The molecular weight excluding hydrogens is 200 g/mol. The van der Waals surface area contributed by atoms with Crippen LogP contribution in [0.2, 0.25) is 0 Å². The third-order valence-corrected chi connectivity index (χ3v) is 3.95. The molecular formula is C10H17ClN2O. The molecule has 0 bridgehead atoms. The lowest BCUT2D eigenvalue weighted by molar-refractivity contribution is -0.124. The van der Waals surface area contributed by atoms with Crippen molar-refractivity contribution < 1.29 is 4.79 Å². The van der Waals surface area contributed by atoms with Crippen molar-refractivity contribution in [1.29, 1.82) is 0 Å². The minimum Gasteiger partial charge on any atom is -0.355 e. The molecule has 2 N–H and O–H groups in total. The van der Waals surface area contributed by atoms with Crippen LogP contribution in [0.1, 0.15) is 32.6 Å². The normalized spacial score (nSPS) is 32.1. The molecule has 0 aromatic carbocycles. The van der Waals surface area contributed by atoms with E-state index < -0.39 is 0 Å². The molecule has 0 spiro atoms. The molecule has 2 fully saturated rings. The van der Waals surface area contributed by atoms with Crippen LogP contribution in [0.4, 0.5) is 0 Å². The first kappa shape index (κ1) is 10.2. The third kappa shape index (κ3) is 2.04. The van der Waals surface area contributed by atoms with Crippen LogP contribution in [0.15, 0.2) is 0 Å². The highest BCUT2D eigenvalue weighted by Gasteiger charge is 2.46. The summed E-state index contributed by atoms with van der Waals surface area (Å²) in [6.45, 7) is 2.89. The lowest BCUT2D eigenvalue weighted by Crippen LogP contribution is -2.53. The van der Waals surface area contributed by atoms with Crippen molar-refractivity contribution in [2.45, 2.75) is 49.6 Å². The minimum atomic E-state index is -0.0717. The van der Waals surface area contributed by atoms with Crippen LogP contribution < -0.4 is 10.6 Å². The molecule has 2 rings (SSSR count). The molecule has 80 valence electrons. The Kier molecular flexibility index (Phi) is 2.71. The maximum atomic E-state index is 11.5. The van der Waals surface area contributed by atoms with Gasteiger partial charge in [-0.25, -0.2) is 0 Å². The maximum absolute atomic E-state index is 11.5. The summed E-state index contributed by atoms with van der Waals surface area (Å²) in [6.07, 6.45) is 4.13. The van der Waals surface area contributed by atoms with Crippen molar-refractivity contribution in [2.24, 2.45) is 0 Å². The van der Waals surface area contributed by atoms with Crippen molar-refractivity contribution in [2.75, 3.05) is 6.54 Å². The lowest BCUT2D eigenvalue weighted by Gasteiger charge is -2.28. The Morgan fingerprint density at radius 1 is 1.64 bits per heavy atom. The summed E-state index contributed by atoms with van der Waals surface area (Å²) in [7, 11) is 0.